The molecule has 1 unspecified atom stereocenters. The fourth-order valence-electron chi connectivity index (χ4n) is 2.19. The minimum Gasteiger partial charge on any atom is -0.311 e. The number of hydrogen-bond donors (Lipinski definition) is 1. The third-order valence-corrected chi connectivity index (χ3v) is 2.98. The monoisotopic (exact) mass is 219 g/mol. The molecular formula is C14H18FN. The lowest BCUT2D eigenvalue weighted by Gasteiger charge is -2.19. The van der Waals surface area contributed by atoms with E-state index in [1.165, 1.54) is 17.7 Å². The molecule has 0 fully saturated rings. The Labute approximate surface area is 96.4 Å². The van der Waals surface area contributed by atoms with Crippen LogP contribution in [0.2, 0.25) is 0 Å². The van der Waals surface area contributed by atoms with E-state index in [2.05, 4.69) is 24.4 Å². The summed E-state index contributed by atoms with van der Waals surface area (Å²) in [5.41, 5.74) is 1.19. The van der Waals surface area contributed by atoms with Gasteiger partial charge < -0.3 is 5.32 Å². The van der Waals surface area contributed by atoms with E-state index in [4.69, 9.17) is 0 Å². The van der Waals surface area contributed by atoms with Gasteiger partial charge >= 0.3 is 0 Å². The van der Waals surface area contributed by atoms with Crippen molar-refractivity contribution >= 4 is 0 Å². The zero-order chi connectivity index (χ0) is 11.4. The van der Waals surface area contributed by atoms with Crippen LogP contribution in [0.3, 0.4) is 0 Å². The van der Waals surface area contributed by atoms with Gasteiger partial charge in [0.15, 0.2) is 0 Å². The minimum atomic E-state index is -0.163. The third kappa shape index (κ3) is 3.17. The predicted molar refractivity (Wildman–Crippen MR) is 64.9 cm³/mol. The van der Waals surface area contributed by atoms with Crippen LogP contribution in [-0.2, 0) is 6.42 Å². The number of rotatable bonds is 4. The van der Waals surface area contributed by atoms with Crippen molar-refractivity contribution in [3.63, 3.8) is 0 Å². The summed E-state index contributed by atoms with van der Waals surface area (Å²) in [5, 5.41) is 3.59. The van der Waals surface area contributed by atoms with E-state index in [9.17, 15) is 4.39 Å². The van der Waals surface area contributed by atoms with Crippen molar-refractivity contribution < 1.29 is 4.39 Å². The normalized spacial score (nSPS) is 17.9. The van der Waals surface area contributed by atoms with Crippen molar-refractivity contribution in [2.24, 2.45) is 0 Å². The van der Waals surface area contributed by atoms with Crippen LogP contribution in [-0.4, -0.2) is 12.1 Å². The van der Waals surface area contributed by atoms with Crippen LogP contribution < -0.4 is 5.32 Å². The first kappa shape index (κ1) is 11.3. The second-order valence-corrected chi connectivity index (χ2v) is 4.54. The molecule has 1 aliphatic carbocycles. The van der Waals surface area contributed by atoms with E-state index in [-0.39, 0.29) is 5.82 Å². The van der Waals surface area contributed by atoms with Crippen LogP contribution in [0.5, 0.6) is 0 Å². The smallest absolute Gasteiger partial charge is 0.123 e. The summed E-state index contributed by atoms with van der Waals surface area (Å²) in [5.74, 6) is -0.163. The molecule has 0 saturated heterocycles. The summed E-state index contributed by atoms with van der Waals surface area (Å²) < 4.78 is 12.7. The number of hydrogen-bond acceptors (Lipinski definition) is 1. The zero-order valence-electron chi connectivity index (χ0n) is 9.62. The van der Waals surface area contributed by atoms with E-state index < -0.39 is 0 Å². The van der Waals surface area contributed by atoms with Crippen LogP contribution in [0.1, 0.15) is 25.3 Å². The molecule has 1 aromatic carbocycles. The first-order chi connectivity index (χ1) is 7.74. The van der Waals surface area contributed by atoms with Crippen LogP contribution >= 0.6 is 0 Å². The third-order valence-electron chi connectivity index (χ3n) is 2.98. The standard InChI is InChI=1S/C14H18FN/c1-11(16-14-4-2-3-5-14)10-12-6-8-13(15)9-7-12/h2-3,6-9,11,14,16H,4-5,10H2,1H3. The molecule has 1 aromatic rings. The quantitative estimate of drug-likeness (QED) is 0.767. The van der Waals surface area contributed by atoms with Crippen molar-refractivity contribution in [2.45, 2.75) is 38.3 Å². The molecule has 0 radical (unpaired) electrons. The van der Waals surface area contributed by atoms with E-state index in [0.29, 0.717) is 12.1 Å². The van der Waals surface area contributed by atoms with Crippen molar-refractivity contribution in [1.29, 1.82) is 0 Å². The molecule has 0 amide bonds. The average molecular weight is 219 g/mol. The first-order valence-corrected chi connectivity index (χ1v) is 5.89. The zero-order valence-corrected chi connectivity index (χ0v) is 9.62. The van der Waals surface area contributed by atoms with Crippen molar-refractivity contribution in [2.75, 3.05) is 0 Å². The molecule has 0 heterocycles. The summed E-state index contributed by atoms with van der Waals surface area (Å²) in [4.78, 5) is 0. The van der Waals surface area contributed by atoms with Gasteiger partial charge in [0.05, 0.1) is 0 Å². The number of benzene rings is 1. The molecule has 16 heavy (non-hydrogen) atoms. The molecule has 1 nitrogen and oxygen atoms in total. The molecular weight excluding hydrogens is 201 g/mol. The van der Waals surface area contributed by atoms with Crippen molar-refractivity contribution in [1.82, 2.24) is 5.32 Å². The van der Waals surface area contributed by atoms with Crippen LogP contribution in [0.4, 0.5) is 4.39 Å². The largest absolute Gasteiger partial charge is 0.311 e. The summed E-state index contributed by atoms with van der Waals surface area (Å²) in [6.45, 7) is 2.18. The average Bonchev–Trinajstić information content (AvgIpc) is 2.74. The molecule has 0 bridgehead atoms. The van der Waals surface area contributed by atoms with Crippen molar-refractivity contribution in [3.05, 3.63) is 47.8 Å². The summed E-state index contributed by atoms with van der Waals surface area (Å²) in [7, 11) is 0. The molecule has 0 aliphatic heterocycles. The van der Waals surface area contributed by atoms with Gasteiger partial charge in [0.1, 0.15) is 5.82 Å². The van der Waals surface area contributed by atoms with Gasteiger partial charge in [0.2, 0.25) is 0 Å². The van der Waals surface area contributed by atoms with Gasteiger partial charge in [-0.1, -0.05) is 24.3 Å². The molecule has 2 rings (SSSR count). The van der Waals surface area contributed by atoms with Gasteiger partial charge in [-0.05, 0) is 43.9 Å². The maximum Gasteiger partial charge on any atom is 0.123 e. The summed E-state index contributed by atoms with van der Waals surface area (Å²) in [6.07, 6.45) is 7.67. The SMILES string of the molecule is CC(Cc1ccc(F)cc1)NC1CC=CC1. The second-order valence-electron chi connectivity index (χ2n) is 4.54. The summed E-state index contributed by atoms with van der Waals surface area (Å²) >= 11 is 0. The Kier molecular flexibility index (Phi) is 3.73. The van der Waals surface area contributed by atoms with Crippen molar-refractivity contribution in [3.8, 4) is 0 Å². The molecule has 1 N–H and O–H groups in total. The topological polar surface area (TPSA) is 12.0 Å². The fourth-order valence-corrected chi connectivity index (χ4v) is 2.19. The Balaban J connectivity index is 1.82. The van der Waals surface area contributed by atoms with Crippen LogP contribution in [0, 0.1) is 5.82 Å². The van der Waals surface area contributed by atoms with E-state index in [1.54, 1.807) is 0 Å². The molecule has 2 heteroatoms. The maximum atomic E-state index is 12.7. The highest BCUT2D eigenvalue weighted by molar-refractivity contribution is 5.17. The van der Waals surface area contributed by atoms with Gasteiger partial charge in [-0.15, -0.1) is 0 Å². The van der Waals surface area contributed by atoms with Crippen LogP contribution in [0.25, 0.3) is 0 Å². The number of nitrogens with one attached hydrogen (secondary N) is 1. The lowest BCUT2D eigenvalue weighted by atomic mass is 10.1. The van der Waals surface area contributed by atoms with E-state index in [0.717, 1.165) is 19.3 Å². The van der Waals surface area contributed by atoms with Gasteiger partial charge in [-0.25, -0.2) is 4.39 Å². The Hall–Kier alpha value is -1.15. The molecule has 0 spiro atoms. The van der Waals surface area contributed by atoms with E-state index >= 15 is 0 Å². The molecule has 86 valence electrons. The van der Waals surface area contributed by atoms with Crippen LogP contribution in [0.15, 0.2) is 36.4 Å². The predicted octanol–water partition coefficient (Wildman–Crippen LogP) is 3.06. The molecule has 0 saturated carbocycles. The Morgan fingerprint density at radius 3 is 2.50 bits per heavy atom. The van der Waals surface area contributed by atoms with Gasteiger partial charge in [0, 0.05) is 12.1 Å². The highest BCUT2D eigenvalue weighted by Gasteiger charge is 2.13. The summed E-state index contributed by atoms with van der Waals surface area (Å²) in [6, 6.07) is 7.81. The Morgan fingerprint density at radius 1 is 1.25 bits per heavy atom. The number of halogens is 1. The second kappa shape index (κ2) is 5.26. The van der Waals surface area contributed by atoms with Gasteiger partial charge in [-0.2, -0.15) is 0 Å². The van der Waals surface area contributed by atoms with Gasteiger partial charge in [0.25, 0.3) is 0 Å². The maximum absolute atomic E-state index is 12.7. The lowest BCUT2D eigenvalue weighted by Crippen LogP contribution is -2.36. The highest BCUT2D eigenvalue weighted by Crippen LogP contribution is 2.12. The lowest BCUT2D eigenvalue weighted by molar-refractivity contribution is 0.457. The Morgan fingerprint density at radius 2 is 1.88 bits per heavy atom. The molecule has 1 atom stereocenters. The fraction of sp³-hybridized carbons (Fsp3) is 0.429. The Bertz CT molecular complexity index is 348. The molecule has 0 aromatic heterocycles. The van der Waals surface area contributed by atoms with E-state index in [1.807, 2.05) is 12.1 Å². The highest BCUT2D eigenvalue weighted by atomic mass is 19.1. The molecule has 1 aliphatic rings. The van der Waals surface area contributed by atoms with Gasteiger partial charge in [-0.3, -0.25) is 0 Å². The first-order valence-electron chi connectivity index (χ1n) is 5.89. The minimum absolute atomic E-state index is 0.163.